The van der Waals surface area contributed by atoms with Crippen molar-refractivity contribution in [2.75, 3.05) is 6.61 Å². The summed E-state index contributed by atoms with van der Waals surface area (Å²) < 4.78 is 1.84. The van der Waals surface area contributed by atoms with Crippen LogP contribution < -0.4 is 5.32 Å². The molecule has 4 nitrogen and oxygen atoms in total. The molecule has 2 rings (SSSR count). The van der Waals surface area contributed by atoms with Crippen molar-refractivity contribution >= 4 is 0 Å². The van der Waals surface area contributed by atoms with E-state index in [2.05, 4.69) is 11.4 Å². The molecule has 2 N–H and O–H groups in total. The zero-order valence-electron chi connectivity index (χ0n) is 10.9. The van der Waals surface area contributed by atoms with Gasteiger partial charge in [-0.3, -0.25) is 0 Å². The molecule has 1 fully saturated rings. The largest absolute Gasteiger partial charge is 0.394 e. The minimum absolute atomic E-state index is 0.110. The van der Waals surface area contributed by atoms with E-state index in [1.54, 1.807) is 0 Å². The Bertz CT molecular complexity index is 438. The standard InChI is InChI=1S/C14H21N3O/c1-17-10-12(7-13(17)8-15)9-16-14(11-18)5-3-2-4-6-14/h7,10,16,18H,2-6,9,11H2,1H3. The summed E-state index contributed by atoms with van der Waals surface area (Å²) in [6.45, 7) is 0.918. The van der Waals surface area contributed by atoms with Gasteiger partial charge in [-0.25, -0.2) is 0 Å². The van der Waals surface area contributed by atoms with Gasteiger partial charge in [-0.2, -0.15) is 5.26 Å². The lowest BCUT2D eigenvalue weighted by atomic mass is 9.82. The molecule has 0 amide bonds. The molecule has 0 saturated heterocycles. The van der Waals surface area contributed by atoms with Crippen LogP contribution in [0.15, 0.2) is 12.3 Å². The van der Waals surface area contributed by atoms with Crippen LogP contribution in [0.3, 0.4) is 0 Å². The third-order valence-corrected chi connectivity index (χ3v) is 3.96. The molecule has 1 aliphatic carbocycles. The minimum Gasteiger partial charge on any atom is -0.394 e. The zero-order valence-corrected chi connectivity index (χ0v) is 10.9. The van der Waals surface area contributed by atoms with Gasteiger partial charge in [-0.05, 0) is 24.5 Å². The highest BCUT2D eigenvalue weighted by Crippen LogP contribution is 2.28. The van der Waals surface area contributed by atoms with E-state index in [0.717, 1.165) is 24.9 Å². The molecule has 1 aliphatic rings. The number of nitrogens with one attached hydrogen (secondary N) is 1. The number of aromatic nitrogens is 1. The number of aliphatic hydroxyl groups excluding tert-OH is 1. The maximum atomic E-state index is 9.61. The molecular weight excluding hydrogens is 226 g/mol. The normalized spacial score (nSPS) is 18.5. The molecule has 0 atom stereocenters. The summed E-state index contributed by atoms with van der Waals surface area (Å²) in [6, 6.07) is 4.07. The molecule has 98 valence electrons. The molecule has 0 aliphatic heterocycles. The van der Waals surface area contributed by atoms with E-state index in [0.29, 0.717) is 5.69 Å². The van der Waals surface area contributed by atoms with E-state index in [1.807, 2.05) is 23.9 Å². The predicted octanol–water partition coefficient (Wildman–Crippen LogP) is 1.68. The summed E-state index contributed by atoms with van der Waals surface area (Å²) in [5.41, 5.74) is 1.67. The fourth-order valence-electron chi connectivity index (χ4n) is 2.75. The number of nitrogens with zero attached hydrogens (tertiary/aromatic N) is 2. The highest BCUT2D eigenvalue weighted by Gasteiger charge is 2.30. The number of hydrogen-bond donors (Lipinski definition) is 2. The monoisotopic (exact) mass is 247 g/mol. The second kappa shape index (κ2) is 5.55. The highest BCUT2D eigenvalue weighted by molar-refractivity contribution is 5.28. The molecule has 18 heavy (non-hydrogen) atoms. The SMILES string of the molecule is Cn1cc(CNC2(CO)CCCCC2)cc1C#N. The minimum atomic E-state index is -0.110. The van der Waals surface area contributed by atoms with Crippen LogP contribution >= 0.6 is 0 Å². The topological polar surface area (TPSA) is 61.0 Å². The van der Waals surface area contributed by atoms with E-state index < -0.39 is 0 Å². The lowest BCUT2D eigenvalue weighted by Gasteiger charge is -2.36. The average molecular weight is 247 g/mol. The van der Waals surface area contributed by atoms with Crippen molar-refractivity contribution in [2.24, 2.45) is 7.05 Å². The fourth-order valence-corrected chi connectivity index (χ4v) is 2.75. The van der Waals surface area contributed by atoms with E-state index in [-0.39, 0.29) is 12.1 Å². The first-order chi connectivity index (χ1) is 8.69. The Labute approximate surface area is 108 Å². The van der Waals surface area contributed by atoms with Gasteiger partial charge in [0.15, 0.2) is 0 Å². The molecule has 0 bridgehead atoms. The van der Waals surface area contributed by atoms with Crippen LogP contribution in [-0.4, -0.2) is 21.8 Å². The summed E-state index contributed by atoms with van der Waals surface area (Å²) in [4.78, 5) is 0. The summed E-state index contributed by atoms with van der Waals surface area (Å²) >= 11 is 0. The van der Waals surface area contributed by atoms with Crippen molar-refractivity contribution in [3.05, 3.63) is 23.5 Å². The first-order valence-electron chi connectivity index (χ1n) is 6.60. The smallest absolute Gasteiger partial charge is 0.120 e. The van der Waals surface area contributed by atoms with Gasteiger partial charge >= 0.3 is 0 Å². The first-order valence-corrected chi connectivity index (χ1v) is 6.60. The Morgan fingerprint density at radius 2 is 2.17 bits per heavy atom. The second-order valence-corrected chi connectivity index (χ2v) is 5.31. The number of hydrogen-bond acceptors (Lipinski definition) is 3. The van der Waals surface area contributed by atoms with E-state index in [4.69, 9.17) is 5.26 Å². The number of aliphatic hydroxyl groups is 1. The Morgan fingerprint density at radius 3 is 2.72 bits per heavy atom. The van der Waals surface area contributed by atoms with Gasteiger partial charge < -0.3 is 15.0 Å². The van der Waals surface area contributed by atoms with E-state index in [1.165, 1.54) is 19.3 Å². The fraction of sp³-hybridized carbons (Fsp3) is 0.643. The molecule has 0 unspecified atom stereocenters. The van der Waals surface area contributed by atoms with Crippen LogP contribution in [0.5, 0.6) is 0 Å². The van der Waals surface area contributed by atoms with Gasteiger partial charge in [-0.15, -0.1) is 0 Å². The highest BCUT2D eigenvalue weighted by atomic mass is 16.3. The third-order valence-electron chi connectivity index (χ3n) is 3.96. The van der Waals surface area contributed by atoms with Crippen LogP contribution in [-0.2, 0) is 13.6 Å². The summed E-state index contributed by atoms with van der Waals surface area (Å²) in [7, 11) is 1.88. The Kier molecular flexibility index (Phi) is 4.05. The van der Waals surface area contributed by atoms with Gasteiger partial charge in [0.1, 0.15) is 11.8 Å². The lowest BCUT2D eigenvalue weighted by Crippen LogP contribution is -2.49. The van der Waals surface area contributed by atoms with Crippen molar-refractivity contribution in [1.29, 1.82) is 5.26 Å². The van der Waals surface area contributed by atoms with Crippen molar-refractivity contribution in [3.63, 3.8) is 0 Å². The molecular formula is C14H21N3O. The molecule has 1 saturated carbocycles. The van der Waals surface area contributed by atoms with Gasteiger partial charge in [0.05, 0.1) is 6.61 Å². The van der Waals surface area contributed by atoms with Crippen molar-refractivity contribution in [2.45, 2.75) is 44.2 Å². The van der Waals surface area contributed by atoms with Gasteiger partial charge in [0, 0.05) is 25.3 Å². The molecule has 1 heterocycles. The van der Waals surface area contributed by atoms with Crippen LogP contribution in [0.25, 0.3) is 0 Å². The molecule has 1 aromatic rings. The van der Waals surface area contributed by atoms with Crippen LogP contribution in [0.2, 0.25) is 0 Å². The first kappa shape index (κ1) is 13.1. The lowest BCUT2D eigenvalue weighted by molar-refractivity contribution is 0.119. The number of rotatable bonds is 4. The summed E-state index contributed by atoms with van der Waals surface area (Å²) in [6.07, 6.45) is 7.70. The maximum Gasteiger partial charge on any atom is 0.120 e. The number of aryl methyl sites for hydroxylation is 1. The van der Waals surface area contributed by atoms with Gasteiger partial charge in [-0.1, -0.05) is 19.3 Å². The van der Waals surface area contributed by atoms with E-state index in [9.17, 15) is 5.11 Å². The quantitative estimate of drug-likeness (QED) is 0.851. The average Bonchev–Trinajstić information content (AvgIpc) is 2.78. The Hall–Kier alpha value is -1.31. The third kappa shape index (κ3) is 2.74. The molecule has 1 aromatic heterocycles. The Balaban J connectivity index is 1.99. The van der Waals surface area contributed by atoms with E-state index >= 15 is 0 Å². The van der Waals surface area contributed by atoms with Crippen molar-refractivity contribution in [1.82, 2.24) is 9.88 Å². The molecule has 0 aromatic carbocycles. The Morgan fingerprint density at radius 1 is 1.44 bits per heavy atom. The molecule has 0 spiro atoms. The van der Waals surface area contributed by atoms with Crippen molar-refractivity contribution < 1.29 is 5.11 Å². The van der Waals surface area contributed by atoms with Crippen LogP contribution in [0.4, 0.5) is 0 Å². The summed E-state index contributed by atoms with van der Waals surface area (Å²) in [5, 5.41) is 22.0. The second-order valence-electron chi connectivity index (χ2n) is 5.31. The number of nitriles is 1. The van der Waals surface area contributed by atoms with Crippen LogP contribution in [0, 0.1) is 11.3 Å². The molecule has 0 radical (unpaired) electrons. The zero-order chi connectivity index (χ0) is 13.0. The summed E-state index contributed by atoms with van der Waals surface area (Å²) in [5.74, 6) is 0. The van der Waals surface area contributed by atoms with Crippen LogP contribution in [0.1, 0.15) is 43.4 Å². The van der Waals surface area contributed by atoms with Crippen molar-refractivity contribution in [3.8, 4) is 6.07 Å². The molecule has 4 heteroatoms. The maximum absolute atomic E-state index is 9.61. The van der Waals surface area contributed by atoms with Gasteiger partial charge in [0.25, 0.3) is 0 Å². The predicted molar refractivity (Wildman–Crippen MR) is 69.9 cm³/mol. The van der Waals surface area contributed by atoms with Gasteiger partial charge in [0.2, 0.25) is 0 Å².